The van der Waals surface area contributed by atoms with Crippen LogP contribution in [0.2, 0.25) is 10.0 Å². The number of likely N-dealkylation sites (N-methyl/N-ethyl adjacent to an activating group) is 1. The molecule has 0 amide bonds. The highest BCUT2D eigenvalue weighted by Crippen LogP contribution is 2.40. The third-order valence-electron chi connectivity index (χ3n) is 3.82. The van der Waals surface area contributed by atoms with Crippen LogP contribution in [0.4, 0.5) is 0 Å². The fourth-order valence-corrected chi connectivity index (χ4v) is 3.99. The van der Waals surface area contributed by atoms with Crippen molar-refractivity contribution in [3.8, 4) is 0 Å². The number of rotatable bonds is 6. The van der Waals surface area contributed by atoms with E-state index in [1.54, 1.807) is 6.07 Å². The minimum Gasteiger partial charge on any atom is -0.391 e. The number of nitrogens with one attached hydrogen (secondary N) is 1. The van der Waals surface area contributed by atoms with Crippen molar-refractivity contribution in [1.82, 2.24) is 9.62 Å². The Bertz CT molecular complexity index is 652. The van der Waals surface area contributed by atoms with Gasteiger partial charge in [-0.15, -0.1) is 0 Å². The Morgan fingerprint density at radius 2 is 2.09 bits per heavy atom. The molecule has 0 bridgehead atoms. The second-order valence-corrected chi connectivity index (χ2v) is 8.35. The molecule has 2 atom stereocenters. The molecule has 5 nitrogen and oxygen atoms in total. The zero-order valence-corrected chi connectivity index (χ0v) is 14.8. The quantitative estimate of drug-likeness (QED) is 0.753. The smallest absolute Gasteiger partial charge is 0.208 e. The summed E-state index contributed by atoms with van der Waals surface area (Å²) < 4.78 is 24.5. The van der Waals surface area contributed by atoms with Gasteiger partial charge in [-0.1, -0.05) is 23.2 Å². The molecule has 0 spiro atoms. The Kier molecular flexibility index (Phi) is 5.74. The summed E-state index contributed by atoms with van der Waals surface area (Å²) in [6.07, 6.45) is 1.74. The summed E-state index contributed by atoms with van der Waals surface area (Å²) in [6.45, 7) is 1.02. The maximum absolute atomic E-state index is 11.0. The fourth-order valence-electron chi connectivity index (χ4n) is 2.89. The number of fused-ring (bicyclic) bond motifs is 1. The monoisotopic (exact) mass is 366 g/mol. The van der Waals surface area contributed by atoms with Crippen molar-refractivity contribution in [3.05, 3.63) is 33.3 Å². The Morgan fingerprint density at radius 1 is 1.41 bits per heavy atom. The molecule has 0 saturated heterocycles. The van der Waals surface area contributed by atoms with Crippen LogP contribution in [0.5, 0.6) is 0 Å². The van der Waals surface area contributed by atoms with Gasteiger partial charge in [0.1, 0.15) is 0 Å². The summed E-state index contributed by atoms with van der Waals surface area (Å²) >= 11 is 12.3. The van der Waals surface area contributed by atoms with E-state index in [2.05, 4.69) is 4.72 Å². The first-order chi connectivity index (χ1) is 10.2. The van der Waals surface area contributed by atoms with Crippen LogP contribution in [0.25, 0.3) is 0 Å². The van der Waals surface area contributed by atoms with E-state index < -0.39 is 16.1 Å². The zero-order valence-electron chi connectivity index (χ0n) is 12.5. The topological polar surface area (TPSA) is 69.6 Å². The van der Waals surface area contributed by atoms with E-state index in [0.717, 1.165) is 17.4 Å². The van der Waals surface area contributed by atoms with E-state index in [9.17, 15) is 13.5 Å². The van der Waals surface area contributed by atoms with E-state index >= 15 is 0 Å². The van der Waals surface area contributed by atoms with Gasteiger partial charge in [-0.25, -0.2) is 13.1 Å². The van der Waals surface area contributed by atoms with Crippen molar-refractivity contribution in [2.24, 2.45) is 0 Å². The number of halogens is 2. The Hall–Kier alpha value is -0.370. The highest BCUT2D eigenvalue weighted by atomic mass is 35.5. The third-order valence-corrected chi connectivity index (χ3v) is 5.10. The summed E-state index contributed by atoms with van der Waals surface area (Å²) in [5, 5.41) is 11.5. The molecular weight excluding hydrogens is 347 g/mol. The highest BCUT2D eigenvalue weighted by Gasteiger charge is 2.35. The van der Waals surface area contributed by atoms with Crippen LogP contribution >= 0.6 is 23.2 Å². The standard InChI is InChI=1S/C14H20Cl2N2O3S/c1-18(5-3-4-17-22(2,20)21)14-11-6-9(15)7-12(16)10(11)8-13(14)19/h6-7,13-14,17,19H,3-5,8H2,1-2H3. The molecule has 124 valence electrons. The van der Waals surface area contributed by atoms with Crippen molar-refractivity contribution < 1.29 is 13.5 Å². The number of hydrogen-bond acceptors (Lipinski definition) is 4. The first-order valence-electron chi connectivity index (χ1n) is 7.00. The molecule has 1 aromatic carbocycles. The second kappa shape index (κ2) is 7.03. The van der Waals surface area contributed by atoms with E-state index in [1.165, 1.54) is 0 Å². The first-order valence-corrected chi connectivity index (χ1v) is 9.64. The highest BCUT2D eigenvalue weighted by molar-refractivity contribution is 7.88. The number of benzene rings is 1. The van der Waals surface area contributed by atoms with Gasteiger partial charge in [0.05, 0.1) is 18.4 Å². The van der Waals surface area contributed by atoms with Gasteiger partial charge < -0.3 is 5.11 Å². The Labute approximate surface area is 141 Å². The second-order valence-electron chi connectivity index (χ2n) is 5.67. The van der Waals surface area contributed by atoms with Gasteiger partial charge in [-0.3, -0.25) is 4.90 Å². The lowest BCUT2D eigenvalue weighted by Crippen LogP contribution is -2.33. The lowest BCUT2D eigenvalue weighted by Gasteiger charge is -2.28. The summed E-state index contributed by atoms with van der Waals surface area (Å²) in [5.74, 6) is 0. The molecule has 1 aliphatic carbocycles. The van der Waals surface area contributed by atoms with Crippen LogP contribution in [0.3, 0.4) is 0 Å². The average Bonchev–Trinajstić information content (AvgIpc) is 2.70. The van der Waals surface area contributed by atoms with Gasteiger partial charge in [0.15, 0.2) is 0 Å². The molecule has 0 radical (unpaired) electrons. The number of sulfonamides is 1. The van der Waals surface area contributed by atoms with Gasteiger partial charge in [0.25, 0.3) is 0 Å². The zero-order chi connectivity index (χ0) is 16.5. The molecular formula is C14H20Cl2N2O3S. The van der Waals surface area contributed by atoms with Crippen molar-refractivity contribution in [1.29, 1.82) is 0 Å². The van der Waals surface area contributed by atoms with Gasteiger partial charge >= 0.3 is 0 Å². The van der Waals surface area contributed by atoms with Crippen molar-refractivity contribution in [2.75, 3.05) is 26.4 Å². The minimum atomic E-state index is -3.16. The van der Waals surface area contributed by atoms with Gasteiger partial charge in [0, 0.05) is 23.0 Å². The van der Waals surface area contributed by atoms with Crippen LogP contribution in [-0.2, 0) is 16.4 Å². The summed E-state index contributed by atoms with van der Waals surface area (Å²) in [6, 6.07) is 3.35. The maximum Gasteiger partial charge on any atom is 0.208 e. The van der Waals surface area contributed by atoms with E-state index in [0.29, 0.717) is 36.0 Å². The molecule has 0 heterocycles. The molecule has 2 N–H and O–H groups in total. The molecule has 0 aliphatic heterocycles. The van der Waals surface area contributed by atoms with Gasteiger partial charge in [-0.2, -0.15) is 0 Å². The van der Waals surface area contributed by atoms with Crippen molar-refractivity contribution >= 4 is 33.2 Å². The number of nitrogens with zero attached hydrogens (tertiary/aromatic N) is 1. The lowest BCUT2D eigenvalue weighted by atomic mass is 10.1. The Balaban J connectivity index is 2.04. The molecule has 0 aromatic heterocycles. The van der Waals surface area contributed by atoms with E-state index in [1.807, 2.05) is 18.0 Å². The average molecular weight is 367 g/mol. The molecule has 2 rings (SSSR count). The summed E-state index contributed by atoms with van der Waals surface area (Å²) in [7, 11) is -1.26. The third kappa shape index (κ3) is 4.34. The number of hydrogen-bond donors (Lipinski definition) is 2. The fraction of sp³-hybridized carbons (Fsp3) is 0.571. The molecule has 22 heavy (non-hydrogen) atoms. The van der Waals surface area contributed by atoms with Gasteiger partial charge in [0.2, 0.25) is 10.0 Å². The van der Waals surface area contributed by atoms with Crippen LogP contribution in [0.1, 0.15) is 23.6 Å². The molecule has 1 aliphatic rings. The maximum atomic E-state index is 11.0. The minimum absolute atomic E-state index is 0.176. The largest absolute Gasteiger partial charge is 0.391 e. The predicted octanol–water partition coefficient (Wildman–Crippen LogP) is 1.82. The normalized spacial score (nSPS) is 21.4. The summed E-state index contributed by atoms with van der Waals surface area (Å²) in [4.78, 5) is 2.01. The van der Waals surface area contributed by atoms with Crippen LogP contribution in [0.15, 0.2) is 12.1 Å². The van der Waals surface area contributed by atoms with Crippen LogP contribution < -0.4 is 4.72 Å². The number of aliphatic hydroxyl groups excluding tert-OH is 1. The first kappa shape index (κ1) is 18.0. The molecule has 2 unspecified atom stereocenters. The molecule has 0 saturated carbocycles. The Morgan fingerprint density at radius 3 is 2.73 bits per heavy atom. The van der Waals surface area contributed by atoms with E-state index in [4.69, 9.17) is 23.2 Å². The van der Waals surface area contributed by atoms with Gasteiger partial charge in [-0.05, 0) is 43.3 Å². The SMILES string of the molecule is CN(CCCNS(C)(=O)=O)C1c2cc(Cl)cc(Cl)c2CC1O. The van der Waals surface area contributed by atoms with Crippen molar-refractivity contribution in [2.45, 2.75) is 25.0 Å². The predicted molar refractivity (Wildman–Crippen MR) is 89.0 cm³/mol. The number of aliphatic hydroxyl groups is 1. The van der Waals surface area contributed by atoms with Crippen molar-refractivity contribution in [3.63, 3.8) is 0 Å². The molecule has 0 fully saturated rings. The lowest BCUT2D eigenvalue weighted by molar-refractivity contribution is 0.0760. The summed E-state index contributed by atoms with van der Waals surface area (Å²) in [5.41, 5.74) is 1.88. The molecule has 8 heteroatoms. The van der Waals surface area contributed by atoms with Crippen LogP contribution in [-0.4, -0.2) is 50.9 Å². The van der Waals surface area contributed by atoms with E-state index in [-0.39, 0.29) is 6.04 Å². The molecule has 1 aromatic rings. The van der Waals surface area contributed by atoms with Crippen LogP contribution in [0, 0.1) is 0 Å².